The van der Waals surface area contributed by atoms with Gasteiger partial charge in [-0.25, -0.2) is 18.4 Å². The van der Waals surface area contributed by atoms with Gasteiger partial charge in [0.2, 0.25) is 15.0 Å². The predicted molar refractivity (Wildman–Crippen MR) is 139 cm³/mol. The lowest BCUT2D eigenvalue weighted by Gasteiger charge is -2.42. The second kappa shape index (κ2) is 14.9. The fourth-order valence-corrected chi connectivity index (χ4v) is 4.51. The standard InChI is InChI=1S/C26H35N3O8S/c1-38(36,37)25-27-14-21(15-28-25)11-5-2-3-8-12-26(24(34)35,13-20-9-6-4-7-10-20)29(16-22(32)18-30)17-23(33)19-31/h4,6-7,9-10,14-15,22-23,30-33H,2-3,8,12-13,16-19H2,1H3,(H,34,35)/t22?,23?,26-/m0/s1. The van der Waals surface area contributed by atoms with E-state index in [9.17, 15) is 38.7 Å². The lowest BCUT2D eigenvalue weighted by Crippen LogP contribution is -2.60. The molecule has 0 aliphatic heterocycles. The number of hydrogen-bond donors (Lipinski definition) is 5. The highest BCUT2D eigenvalue weighted by Gasteiger charge is 2.45. The van der Waals surface area contributed by atoms with Gasteiger partial charge in [0, 0.05) is 44.6 Å². The summed E-state index contributed by atoms with van der Waals surface area (Å²) in [4.78, 5) is 21.8. The summed E-state index contributed by atoms with van der Waals surface area (Å²) in [6.45, 7) is -1.60. The first-order valence-corrected chi connectivity index (χ1v) is 14.0. The van der Waals surface area contributed by atoms with Crippen molar-refractivity contribution in [2.24, 2.45) is 0 Å². The van der Waals surface area contributed by atoms with Crippen molar-refractivity contribution in [2.45, 2.75) is 55.0 Å². The number of unbranched alkanes of at least 4 members (excludes halogenated alkanes) is 2. The minimum atomic E-state index is -3.50. The van der Waals surface area contributed by atoms with E-state index in [0.29, 0.717) is 24.8 Å². The van der Waals surface area contributed by atoms with Crippen LogP contribution < -0.4 is 0 Å². The SMILES string of the molecule is CS(=O)(=O)c1ncc(C#CCCCC[C@](Cc2ccccc2)(C(=O)O)N(CC(O)CO)CC(O)CO)cn1. The molecule has 0 aliphatic carbocycles. The number of hydrogen-bond acceptors (Lipinski definition) is 10. The van der Waals surface area contributed by atoms with Crippen LogP contribution in [0.25, 0.3) is 0 Å². The number of aliphatic hydroxyl groups excluding tert-OH is 4. The molecule has 1 aromatic carbocycles. The number of carbonyl (C=O) groups is 1. The molecule has 208 valence electrons. The lowest BCUT2D eigenvalue weighted by molar-refractivity contribution is -0.155. The Bertz CT molecular complexity index is 1170. The number of nitrogens with zero attached hydrogens (tertiary/aromatic N) is 3. The zero-order chi connectivity index (χ0) is 28.2. The predicted octanol–water partition coefficient (Wildman–Crippen LogP) is -0.133. The van der Waals surface area contributed by atoms with Gasteiger partial charge in [-0.15, -0.1) is 0 Å². The van der Waals surface area contributed by atoms with Gasteiger partial charge in [0.25, 0.3) is 0 Å². The number of carboxylic acids is 1. The maximum atomic E-state index is 12.8. The van der Waals surface area contributed by atoms with Crippen molar-refractivity contribution < 1.29 is 38.7 Å². The highest BCUT2D eigenvalue weighted by Crippen LogP contribution is 2.29. The van der Waals surface area contributed by atoms with Crippen LogP contribution in [0.15, 0.2) is 47.9 Å². The molecule has 0 radical (unpaired) electrons. The van der Waals surface area contributed by atoms with Gasteiger partial charge in [-0.1, -0.05) is 48.6 Å². The molecular formula is C26H35N3O8S. The van der Waals surface area contributed by atoms with Gasteiger partial charge >= 0.3 is 5.97 Å². The zero-order valence-electron chi connectivity index (χ0n) is 21.3. The average molecular weight is 550 g/mol. The molecule has 0 saturated heterocycles. The average Bonchev–Trinajstić information content (AvgIpc) is 2.89. The maximum absolute atomic E-state index is 12.8. The van der Waals surface area contributed by atoms with E-state index in [2.05, 4.69) is 21.8 Å². The van der Waals surface area contributed by atoms with Gasteiger partial charge in [0.15, 0.2) is 0 Å². The summed E-state index contributed by atoms with van der Waals surface area (Å²) in [6, 6.07) is 8.98. The van der Waals surface area contributed by atoms with Gasteiger partial charge < -0.3 is 25.5 Å². The molecule has 1 aromatic heterocycles. The first-order chi connectivity index (χ1) is 18.0. The van der Waals surface area contributed by atoms with Crippen molar-refractivity contribution >= 4 is 15.8 Å². The van der Waals surface area contributed by atoms with Crippen LogP contribution in [0.5, 0.6) is 0 Å². The Kier molecular flexibility index (Phi) is 12.2. The summed E-state index contributed by atoms with van der Waals surface area (Å²) in [5.74, 6) is 4.66. The number of β-amino-alcohol motifs (C(OH)–C–C–N with tert-alkyl or cyclic N) is 2. The zero-order valence-corrected chi connectivity index (χ0v) is 22.1. The highest BCUT2D eigenvalue weighted by atomic mass is 32.2. The van der Waals surface area contributed by atoms with Gasteiger partial charge in [0.1, 0.15) is 5.54 Å². The summed E-state index contributed by atoms with van der Waals surface area (Å²) in [5.41, 5.74) is -0.339. The molecule has 2 aromatic rings. The number of carboxylic acid groups (broad SMARTS) is 1. The summed E-state index contributed by atoms with van der Waals surface area (Å²) in [5, 5.41) is 49.3. The second-order valence-electron chi connectivity index (χ2n) is 9.11. The Morgan fingerprint density at radius 3 is 2.11 bits per heavy atom. The van der Waals surface area contributed by atoms with E-state index in [-0.39, 0.29) is 31.1 Å². The van der Waals surface area contributed by atoms with E-state index in [4.69, 9.17) is 0 Å². The van der Waals surface area contributed by atoms with Gasteiger partial charge in [-0.05, 0) is 18.4 Å². The molecule has 0 amide bonds. The Morgan fingerprint density at radius 2 is 1.61 bits per heavy atom. The molecule has 1 heterocycles. The first-order valence-electron chi connectivity index (χ1n) is 12.1. The van der Waals surface area contributed by atoms with Crippen molar-refractivity contribution in [3.8, 4) is 11.8 Å². The number of sulfone groups is 1. The van der Waals surface area contributed by atoms with E-state index in [1.807, 2.05) is 6.07 Å². The molecule has 0 bridgehead atoms. The van der Waals surface area contributed by atoms with Crippen LogP contribution in [0.2, 0.25) is 0 Å². The second-order valence-corrected chi connectivity index (χ2v) is 11.0. The quantitative estimate of drug-likeness (QED) is 0.113. The molecule has 0 aliphatic rings. The van der Waals surface area contributed by atoms with Gasteiger partial charge in [-0.3, -0.25) is 9.69 Å². The largest absolute Gasteiger partial charge is 0.480 e. The topological polar surface area (TPSA) is 181 Å². The molecule has 0 saturated carbocycles. The first kappa shape index (κ1) is 31.3. The van der Waals surface area contributed by atoms with Crippen LogP contribution in [0.4, 0.5) is 0 Å². The number of aliphatic hydroxyl groups is 4. The Balaban J connectivity index is 2.21. The molecule has 11 nitrogen and oxygen atoms in total. The van der Waals surface area contributed by atoms with Crippen molar-refractivity contribution in [1.82, 2.24) is 14.9 Å². The lowest BCUT2D eigenvalue weighted by atomic mass is 9.83. The van der Waals surface area contributed by atoms with E-state index >= 15 is 0 Å². The number of rotatable bonds is 15. The van der Waals surface area contributed by atoms with E-state index < -0.39 is 46.8 Å². The normalized spacial score (nSPS) is 14.8. The van der Waals surface area contributed by atoms with Crippen LogP contribution in [0.3, 0.4) is 0 Å². The summed E-state index contributed by atoms with van der Waals surface area (Å²) in [6.07, 6.45) is 2.82. The van der Waals surface area contributed by atoms with Crippen molar-refractivity contribution in [3.63, 3.8) is 0 Å². The highest BCUT2D eigenvalue weighted by molar-refractivity contribution is 7.90. The third-order valence-electron chi connectivity index (χ3n) is 5.96. The van der Waals surface area contributed by atoms with E-state index in [0.717, 1.165) is 11.8 Å². The smallest absolute Gasteiger partial charge is 0.324 e. The molecule has 0 spiro atoms. The monoisotopic (exact) mass is 549 g/mol. The fourth-order valence-electron chi connectivity index (χ4n) is 4.03. The Labute approximate surface area is 222 Å². The van der Waals surface area contributed by atoms with Crippen LogP contribution in [0.1, 0.15) is 36.8 Å². The number of aliphatic carboxylic acids is 1. The van der Waals surface area contributed by atoms with E-state index in [1.54, 1.807) is 24.3 Å². The molecular weight excluding hydrogens is 514 g/mol. The molecule has 2 unspecified atom stereocenters. The number of benzene rings is 1. The third kappa shape index (κ3) is 9.43. The maximum Gasteiger partial charge on any atom is 0.324 e. The fraction of sp³-hybridized carbons (Fsp3) is 0.500. The van der Waals surface area contributed by atoms with Crippen LogP contribution in [-0.4, -0.2) is 105 Å². The summed E-state index contributed by atoms with van der Waals surface area (Å²) >= 11 is 0. The van der Waals surface area contributed by atoms with E-state index in [1.165, 1.54) is 17.3 Å². The Hall–Kier alpha value is -2.92. The van der Waals surface area contributed by atoms with Crippen molar-refractivity contribution in [2.75, 3.05) is 32.6 Å². The minimum Gasteiger partial charge on any atom is -0.480 e. The van der Waals surface area contributed by atoms with Crippen LogP contribution in [-0.2, 0) is 21.1 Å². The van der Waals surface area contributed by atoms with Crippen LogP contribution >= 0.6 is 0 Å². The Morgan fingerprint density at radius 1 is 1.03 bits per heavy atom. The molecule has 3 atom stereocenters. The molecule has 5 N–H and O–H groups in total. The number of aromatic nitrogens is 2. The minimum absolute atomic E-state index is 0.0785. The molecule has 38 heavy (non-hydrogen) atoms. The molecule has 2 rings (SSSR count). The van der Waals surface area contributed by atoms with Gasteiger partial charge in [0.05, 0.1) is 31.0 Å². The van der Waals surface area contributed by atoms with Crippen molar-refractivity contribution in [3.05, 3.63) is 53.9 Å². The molecule has 0 fully saturated rings. The van der Waals surface area contributed by atoms with Crippen LogP contribution in [0, 0.1) is 11.8 Å². The summed E-state index contributed by atoms with van der Waals surface area (Å²) < 4.78 is 22.9. The molecule has 12 heteroatoms. The summed E-state index contributed by atoms with van der Waals surface area (Å²) in [7, 11) is -3.50. The third-order valence-corrected chi connectivity index (χ3v) is 6.84. The van der Waals surface area contributed by atoms with Gasteiger partial charge in [-0.2, -0.15) is 0 Å². The van der Waals surface area contributed by atoms with Crippen molar-refractivity contribution in [1.29, 1.82) is 0 Å².